The molecule has 0 atom stereocenters. The van der Waals surface area contributed by atoms with Gasteiger partial charge in [0.1, 0.15) is 0 Å². The first-order valence-electron chi connectivity index (χ1n) is 6.71. The van der Waals surface area contributed by atoms with E-state index in [2.05, 4.69) is 9.46 Å². The van der Waals surface area contributed by atoms with E-state index in [9.17, 15) is 23.3 Å². The molecule has 0 bridgehead atoms. The van der Waals surface area contributed by atoms with Crippen LogP contribution in [0, 0.1) is 17.0 Å². The molecule has 0 heterocycles. The molecule has 0 saturated carbocycles. The maximum Gasteiger partial charge on any atom is 0.337 e. The summed E-state index contributed by atoms with van der Waals surface area (Å²) in [5, 5.41) is 10.8. The average Bonchev–Trinajstić information content (AvgIpc) is 2.54. The van der Waals surface area contributed by atoms with Gasteiger partial charge in [-0.2, -0.15) is 0 Å². The van der Waals surface area contributed by atoms with Crippen LogP contribution in [0.5, 0.6) is 0 Å². The van der Waals surface area contributed by atoms with Gasteiger partial charge in [0.25, 0.3) is 15.7 Å². The number of methoxy groups -OCH3 is 1. The van der Waals surface area contributed by atoms with E-state index in [1.165, 1.54) is 43.5 Å². The van der Waals surface area contributed by atoms with Crippen molar-refractivity contribution < 1.29 is 22.9 Å². The fraction of sp³-hybridized carbons (Fsp3) is 0.133. The Labute approximate surface area is 138 Å². The predicted octanol–water partition coefficient (Wildman–Crippen LogP) is 2.49. The minimum absolute atomic E-state index is 0.186. The number of non-ortho nitro benzene ring substituents is 1. The third-order valence-corrected chi connectivity index (χ3v) is 4.75. The summed E-state index contributed by atoms with van der Waals surface area (Å²) in [5.74, 6) is -0.543. The lowest BCUT2D eigenvalue weighted by Crippen LogP contribution is -2.14. The van der Waals surface area contributed by atoms with Crippen LogP contribution in [0.15, 0.2) is 47.4 Å². The van der Waals surface area contributed by atoms with E-state index in [4.69, 9.17) is 0 Å². The van der Waals surface area contributed by atoms with Gasteiger partial charge in [0, 0.05) is 17.8 Å². The maximum absolute atomic E-state index is 12.4. The van der Waals surface area contributed by atoms with Crippen LogP contribution in [0.1, 0.15) is 15.9 Å². The first kappa shape index (κ1) is 17.4. The fourth-order valence-corrected chi connectivity index (χ4v) is 3.32. The molecule has 0 spiro atoms. The third kappa shape index (κ3) is 3.69. The van der Waals surface area contributed by atoms with Crippen LogP contribution in [0.25, 0.3) is 0 Å². The van der Waals surface area contributed by atoms with Crippen molar-refractivity contribution in [2.75, 3.05) is 11.8 Å². The number of hydrogen-bond donors (Lipinski definition) is 1. The van der Waals surface area contributed by atoms with Crippen LogP contribution in [-0.2, 0) is 14.8 Å². The highest BCUT2D eigenvalue weighted by atomic mass is 32.2. The van der Waals surface area contributed by atoms with Crippen LogP contribution in [0.2, 0.25) is 0 Å². The number of nitro benzene ring substituents is 1. The number of nitro groups is 1. The molecule has 0 amide bonds. The number of rotatable bonds is 5. The number of sulfonamides is 1. The quantitative estimate of drug-likeness (QED) is 0.503. The molecule has 8 nitrogen and oxygen atoms in total. The molecule has 0 aromatic heterocycles. The van der Waals surface area contributed by atoms with Gasteiger partial charge in [-0.05, 0) is 36.8 Å². The summed E-state index contributed by atoms with van der Waals surface area (Å²) in [6.45, 7) is 1.54. The van der Waals surface area contributed by atoms with Gasteiger partial charge in [0.2, 0.25) is 0 Å². The zero-order valence-electron chi connectivity index (χ0n) is 12.8. The molecular weight excluding hydrogens is 336 g/mol. The lowest BCUT2D eigenvalue weighted by Gasteiger charge is -2.10. The van der Waals surface area contributed by atoms with Gasteiger partial charge < -0.3 is 4.74 Å². The minimum Gasteiger partial charge on any atom is -0.465 e. The first-order valence-corrected chi connectivity index (χ1v) is 8.19. The van der Waals surface area contributed by atoms with Gasteiger partial charge in [-0.1, -0.05) is 6.07 Å². The van der Waals surface area contributed by atoms with Gasteiger partial charge in [-0.25, -0.2) is 13.2 Å². The number of nitrogens with zero attached hydrogens (tertiary/aromatic N) is 1. The molecule has 0 unspecified atom stereocenters. The molecule has 9 heteroatoms. The van der Waals surface area contributed by atoms with E-state index in [0.717, 1.165) is 6.07 Å². The van der Waals surface area contributed by atoms with Crippen molar-refractivity contribution in [1.29, 1.82) is 0 Å². The summed E-state index contributed by atoms with van der Waals surface area (Å²) in [5.41, 5.74) is 0.543. The largest absolute Gasteiger partial charge is 0.465 e. The number of ether oxygens (including phenoxy) is 1. The van der Waals surface area contributed by atoms with Crippen LogP contribution >= 0.6 is 0 Å². The third-order valence-electron chi connectivity index (χ3n) is 3.23. The van der Waals surface area contributed by atoms with Gasteiger partial charge in [0.15, 0.2) is 0 Å². The second-order valence-electron chi connectivity index (χ2n) is 4.88. The Bertz CT molecular complexity index is 891. The van der Waals surface area contributed by atoms with E-state index in [1.54, 1.807) is 6.92 Å². The smallest absolute Gasteiger partial charge is 0.337 e. The molecule has 0 aliphatic carbocycles. The number of aryl methyl sites for hydroxylation is 1. The highest BCUT2D eigenvalue weighted by molar-refractivity contribution is 7.92. The van der Waals surface area contributed by atoms with Gasteiger partial charge in [-0.3, -0.25) is 14.8 Å². The number of benzene rings is 2. The number of carbonyl (C=O) groups excluding carboxylic acids is 1. The maximum atomic E-state index is 12.4. The lowest BCUT2D eigenvalue weighted by molar-refractivity contribution is -0.385. The number of nitrogens with one attached hydrogen (secondary N) is 1. The number of carbonyl (C=O) groups is 1. The Kier molecular flexibility index (Phi) is 4.84. The summed E-state index contributed by atoms with van der Waals surface area (Å²) < 4.78 is 31.8. The minimum atomic E-state index is -4.01. The molecule has 0 aliphatic rings. The van der Waals surface area contributed by atoms with E-state index >= 15 is 0 Å². The average molecular weight is 350 g/mol. The Balaban J connectivity index is 2.33. The van der Waals surface area contributed by atoms with E-state index in [0.29, 0.717) is 5.56 Å². The second kappa shape index (κ2) is 6.67. The number of esters is 1. The molecule has 0 radical (unpaired) electrons. The Hall–Kier alpha value is -2.94. The molecule has 2 aromatic carbocycles. The summed E-state index contributed by atoms with van der Waals surface area (Å²) in [6, 6.07) is 9.22. The van der Waals surface area contributed by atoms with Crippen molar-refractivity contribution in [3.8, 4) is 0 Å². The highest BCUT2D eigenvalue weighted by Gasteiger charge is 2.20. The number of hydrogen-bond acceptors (Lipinski definition) is 6. The zero-order valence-corrected chi connectivity index (χ0v) is 13.7. The molecular formula is C15H14N2O6S. The summed E-state index contributed by atoms with van der Waals surface area (Å²) in [6.07, 6.45) is 0. The molecule has 126 valence electrons. The molecule has 2 rings (SSSR count). The Morgan fingerprint density at radius 2 is 1.79 bits per heavy atom. The van der Waals surface area contributed by atoms with Gasteiger partial charge in [-0.15, -0.1) is 0 Å². The summed E-state index contributed by atoms with van der Waals surface area (Å²) in [7, 11) is -2.77. The van der Waals surface area contributed by atoms with Crippen molar-refractivity contribution in [3.05, 3.63) is 63.7 Å². The standard InChI is InChI=1S/C15H14N2O6S/c1-10-3-8-13(17(19)20)9-14(10)24(21,22)16-12-6-4-11(5-7-12)15(18)23-2/h3-9,16H,1-2H3. The van der Waals surface area contributed by atoms with Crippen molar-refractivity contribution in [3.63, 3.8) is 0 Å². The topological polar surface area (TPSA) is 116 Å². The summed E-state index contributed by atoms with van der Waals surface area (Å²) in [4.78, 5) is 21.3. The highest BCUT2D eigenvalue weighted by Crippen LogP contribution is 2.24. The molecule has 2 aromatic rings. The van der Waals surface area contributed by atoms with Crippen molar-refractivity contribution in [2.45, 2.75) is 11.8 Å². The first-order chi connectivity index (χ1) is 11.2. The van der Waals surface area contributed by atoms with Crippen molar-refractivity contribution in [1.82, 2.24) is 0 Å². The summed E-state index contributed by atoms with van der Waals surface area (Å²) >= 11 is 0. The number of anilines is 1. The predicted molar refractivity (Wildman–Crippen MR) is 86.4 cm³/mol. The molecule has 0 fully saturated rings. The van der Waals surface area contributed by atoms with Gasteiger partial charge in [0.05, 0.1) is 22.5 Å². The van der Waals surface area contributed by atoms with Crippen molar-refractivity contribution in [2.24, 2.45) is 0 Å². The van der Waals surface area contributed by atoms with Gasteiger partial charge >= 0.3 is 5.97 Å². The van der Waals surface area contributed by atoms with Crippen LogP contribution in [0.4, 0.5) is 11.4 Å². The van der Waals surface area contributed by atoms with Crippen LogP contribution < -0.4 is 4.72 Å². The fourth-order valence-electron chi connectivity index (χ4n) is 1.99. The van der Waals surface area contributed by atoms with Crippen LogP contribution in [-0.4, -0.2) is 26.4 Å². The normalized spacial score (nSPS) is 10.9. The zero-order chi connectivity index (χ0) is 17.9. The van der Waals surface area contributed by atoms with E-state index < -0.39 is 20.9 Å². The Morgan fingerprint density at radius 3 is 2.33 bits per heavy atom. The van der Waals surface area contributed by atoms with E-state index in [1.807, 2.05) is 0 Å². The lowest BCUT2D eigenvalue weighted by atomic mass is 10.2. The molecule has 0 aliphatic heterocycles. The molecule has 0 saturated heterocycles. The Morgan fingerprint density at radius 1 is 1.17 bits per heavy atom. The molecule has 1 N–H and O–H groups in total. The second-order valence-corrected chi connectivity index (χ2v) is 6.53. The monoisotopic (exact) mass is 350 g/mol. The molecule has 24 heavy (non-hydrogen) atoms. The SMILES string of the molecule is COC(=O)c1ccc(NS(=O)(=O)c2cc([N+](=O)[O-])ccc2C)cc1. The van der Waals surface area contributed by atoms with E-state index in [-0.39, 0.29) is 21.8 Å². The van der Waals surface area contributed by atoms with Crippen LogP contribution in [0.3, 0.4) is 0 Å². The van der Waals surface area contributed by atoms with Crippen molar-refractivity contribution >= 4 is 27.4 Å².